The van der Waals surface area contributed by atoms with E-state index in [9.17, 15) is 4.79 Å². The Kier molecular flexibility index (Phi) is 6.60. The van der Waals surface area contributed by atoms with Gasteiger partial charge in [-0.2, -0.15) is 0 Å². The molecule has 1 saturated heterocycles. The standard InChI is InChI=1S/C24H26ClN3O2S/c1-15-8-9-16(2)22-21(15)11-17(23(29)27-22)13-28(14-20-7-4-10-30-20)24(31)26-19-6-3-5-18(25)12-19/h3,5-6,8-9,11-12,20H,4,7,10,13-14H2,1-2H3,(H,26,31)(H,27,29)/t20-/m1/s1. The SMILES string of the molecule is Cc1ccc(C)c2[nH]c(=O)c(CN(C[C@H]3CCCO3)C(=S)Nc3cccc(Cl)c3)cc12. The maximum absolute atomic E-state index is 12.9. The number of aromatic amines is 1. The predicted molar refractivity (Wildman–Crippen MR) is 131 cm³/mol. The Bertz CT molecular complexity index is 1170. The van der Waals surface area contributed by atoms with Crippen LogP contribution in [0.5, 0.6) is 0 Å². The summed E-state index contributed by atoms with van der Waals surface area (Å²) in [4.78, 5) is 18.0. The Balaban J connectivity index is 1.63. The van der Waals surface area contributed by atoms with Gasteiger partial charge in [-0.1, -0.05) is 29.8 Å². The maximum atomic E-state index is 12.9. The van der Waals surface area contributed by atoms with Crippen LogP contribution in [0.4, 0.5) is 5.69 Å². The second-order valence-electron chi connectivity index (χ2n) is 8.07. The van der Waals surface area contributed by atoms with Gasteiger partial charge in [0.25, 0.3) is 5.56 Å². The zero-order chi connectivity index (χ0) is 22.0. The monoisotopic (exact) mass is 455 g/mol. The Labute approximate surface area is 192 Å². The Morgan fingerprint density at radius 2 is 2.06 bits per heavy atom. The molecule has 5 nitrogen and oxygen atoms in total. The van der Waals surface area contributed by atoms with Crippen LogP contribution in [0, 0.1) is 13.8 Å². The normalized spacial score (nSPS) is 15.9. The lowest BCUT2D eigenvalue weighted by molar-refractivity contribution is 0.0904. The van der Waals surface area contributed by atoms with E-state index in [0.29, 0.717) is 28.8 Å². The molecule has 1 aromatic heterocycles. The summed E-state index contributed by atoms with van der Waals surface area (Å²) in [6.07, 6.45) is 2.13. The average molecular weight is 456 g/mol. The fourth-order valence-corrected chi connectivity index (χ4v) is 4.41. The molecule has 7 heteroatoms. The van der Waals surface area contributed by atoms with Gasteiger partial charge in [-0.05, 0) is 74.3 Å². The van der Waals surface area contributed by atoms with Crippen molar-refractivity contribution in [2.75, 3.05) is 18.5 Å². The summed E-state index contributed by atoms with van der Waals surface area (Å²) in [7, 11) is 0. The summed E-state index contributed by atoms with van der Waals surface area (Å²) < 4.78 is 5.84. The molecule has 0 radical (unpaired) electrons. The number of ether oxygens (including phenoxy) is 1. The van der Waals surface area contributed by atoms with Crippen LogP contribution in [0.1, 0.15) is 29.5 Å². The highest BCUT2D eigenvalue weighted by molar-refractivity contribution is 7.80. The lowest BCUT2D eigenvalue weighted by atomic mass is 10.0. The average Bonchev–Trinajstić information content (AvgIpc) is 3.24. The quantitative estimate of drug-likeness (QED) is 0.519. The first-order chi connectivity index (χ1) is 14.9. The first-order valence-electron chi connectivity index (χ1n) is 10.5. The Hall–Kier alpha value is -2.41. The van der Waals surface area contributed by atoms with Gasteiger partial charge in [0.15, 0.2) is 5.11 Å². The van der Waals surface area contributed by atoms with Crippen LogP contribution in [0.25, 0.3) is 10.9 Å². The van der Waals surface area contributed by atoms with E-state index < -0.39 is 0 Å². The third-order valence-corrected chi connectivity index (χ3v) is 6.29. The van der Waals surface area contributed by atoms with Crippen LogP contribution in [0.3, 0.4) is 0 Å². The van der Waals surface area contributed by atoms with Crippen LogP contribution in [0.15, 0.2) is 47.3 Å². The van der Waals surface area contributed by atoms with Crippen LogP contribution in [-0.4, -0.2) is 34.3 Å². The van der Waals surface area contributed by atoms with E-state index >= 15 is 0 Å². The van der Waals surface area contributed by atoms with Crippen LogP contribution >= 0.6 is 23.8 Å². The van der Waals surface area contributed by atoms with Crippen LogP contribution in [-0.2, 0) is 11.3 Å². The second-order valence-corrected chi connectivity index (χ2v) is 8.89. The Morgan fingerprint density at radius 1 is 1.26 bits per heavy atom. The summed E-state index contributed by atoms with van der Waals surface area (Å²) in [6, 6.07) is 13.5. The molecule has 0 spiro atoms. The van der Waals surface area contributed by atoms with Gasteiger partial charge in [0.2, 0.25) is 0 Å². The molecular weight excluding hydrogens is 430 g/mol. The molecule has 3 aromatic rings. The van der Waals surface area contributed by atoms with Gasteiger partial charge >= 0.3 is 0 Å². The van der Waals surface area contributed by atoms with Crippen LogP contribution in [0.2, 0.25) is 5.02 Å². The first-order valence-corrected chi connectivity index (χ1v) is 11.2. The number of hydrogen-bond donors (Lipinski definition) is 2. The molecule has 162 valence electrons. The van der Waals surface area contributed by atoms with Gasteiger partial charge < -0.3 is 19.9 Å². The second kappa shape index (κ2) is 9.39. The van der Waals surface area contributed by atoms with Crippen molar-refractivity contribution in [1.82, 2.24) is 9.88 Å². The predicted octanol–water partition coefficient (Wildman–Crippen LogP) is 5.18. The number of aromatic nitrogens is 1. The minimum absolute atomic E-state index is 0.0934. The molecule has 31 heavy (non-hydrogen) atoms. The van der Waals surface area contributed by atoms with Crippen molar-refractivity contribution in [3.05, 3.63) is 74.5 Å². The van der Waals surface area contributed by atoms with Crippen molar-refractivity contribution in [1.29, 1.82) is 0 Å². The van der Waals surface area contributed by atoms with Crippen molar-refractivity contribution >= 4 is 45.5 Å². The number of anilines is 1. The van der Waals surface area contributed by atoms with E-state index in [0.717, 1.165) is 47.2 Å². The highest BCUT2D eigenvalue weighted by Gasteiger charge is 2.22. The number of rotatable bonds is 5. The number of benzene rings is 2. The Morgan fingerprint density at radius 3 is 2.81 bits per heavy atom. The van der Waals surface area contributed by atoms with Gasteiger partial charge in [0, 0.05) is 34.8 Å². The van der Waals surface area contributed by atoms with E-state index in [-0.39, 0.29) is 11.7 Å². The molecule has 2 N–H and O–H groups in total. The minimum Gasteiger partial charge on any atom is -0.376 e. The molecular formula is C24H26ClN3O2S. The third-order valence-electron chi connectivity index (χ3n) is 5.69. The number of halogens is 1. The molecule has 0 aliphatic carbocycles. The molecule has 2 aromatic carbocycles. The van der Waals surface area contributed by atoms with Crippen molar-refractivity contribution < 1.29 is 4.74 Å². The third kappa shape index (κ3) is 5.09. The van der Waals surface area contributed by atoms with E-state index in [4.69, 9.17) is 28.6 Å². The number of fused-ring (bicyclic) bond motifs is 1. The fraction of sp³-hybridized carbons (Fsp3) is 0.333. The minimum atomic E-state index is -0.0934. The summed E-state index contributed by atoms with van der Waals surface area (Å²) >= 11 is 11.8. The van der Waals surface area contributed by atoms with Crippen LogP contribution < -0.4 is 10.9 Å². The number of H-pyrrole nitrogens is 1. The zero-order valence-corrected chi connectivity index (χ0v) is 19.3. The van der Waals surface area contributed by atoms with Gasteiger partial charge in [0.05, 0.1) is 18.2 Å². The lowest BCUT2D eigenvalue weighted by Gasteiger charge is -2.28. The molecule has 4 rings (SSSR count). The van der Waals surface area contributed by atoms with E-state index in [1.807, 2.05) is 48.2 Å². The lowest BCUT2D eigenvalue weighted by Crippen LogP contribution is -2.40. The fourth-order valence-electron chi connectivity index (χ4n) is 3.96. The molecule has 1 fully saturated rings. The molecule has 1 aliphatic rings. The number of pyridine rings is 1. The zero-order valence-electron chi connectivity index (χ0n) is 17.7. The summed E-state index contributed by atoms with van der Waals surface area (Å²) in [6.45, 7) is 5.84. The van der Waals surface area contributed by atoms with Gasteiger partial charge in [-0.15, -0.1) is 0 Å². The van der Waals surface area contributed by atoms with E-state index in [1.54, 1.807) is 0 Å². The summed E-state index contributed by atoms with van der Waals surface area (Å²) in [5, 5.41) is 5.49. The number of nitrogens with one attached hydrogen (secondary N) is 2. The largest absolute Gasteiger partial charge is 0.376 e. The number of thiocarbonyl (C=S) groups is 1. The van der Waals surface area contributed by atoms with Crippen molar-refractivity contribution in [3.8, 4) is 0 Å². The van der Waals surface area contributed by atoms with Gasteiger partial charge in [-0.25, -0.2) is 0 Å². The van der Waals surface area contributed by atoms with Crippen molar-refractivity contribution in [3.63, 3.8) is 0 Å². The summed E-state index contributed by atoms with van der Waals surface area (Å²) in [5.74, 6) is 0. The van der Waals surface area contributed by atoms with E-state index in [2.05, 4.69) is 23.3 Å². The maximum Gasteiger partial charge on any atom is 0.253 e. The number of aryl methyl sites for hydroxylation is 2. The topological polar surface area (TPSA) is 57.4 Å². The summed E-state index contributed by atoms with van der Waals surface area (Å²) in [5.41, 5.74) is 4.47. The molecule has 0 amide bonds. The molecule has 2 heterocycles. The smallest absolute Gasteiger partial charge is 0.253 e. The van der Waals surface area contributed by atoms with Crippen molar-refractivity contribution in [2.45, 2.75) is 39.3 Å². The number of nitrogens with zero attached hydrogens (tertiary/aromatic N) is 1. The highest BCUT2D eigenvalue weighted by atomic mass is 35.5. The number of hydrogen-bond acceptors (Lipinski definition) is 3. The van der Waals surface area contributed by atoms with Gasteiger partial charge in [-0.3, -0.25) is 4.79 Å². The first kappa shape index (κ1) is 21.8. The molecule has 1 aliphatic heterocycles. The molecule has 0 saturated carbocycles. The highest BCUT2D eigenvalue weighted by Crippen LogP contribution is 2.22. The van der Waals surface area contributed by atoms with E-state index in [1.165, 1.54) is 0 Å². The van der Waals surface area contributed by atoms with Gasteiger partial charge in [0.1, 0.15) is 0 Å². The molecule has 0 unspecified atom stereocenters. The molecule has 0 bridgehead atoms. The van der Waals surface area contributed by atoms with Crippen molar-refractivity contribution in [2.24, 2.45) is 0 Å². The molecule has 1 atom stereocenters.